The van der Waals surface area contributed by atoms with Crippen molar-refractivity contribution in [1.29, 1.82) is 0 Å². The minimum Gasteiger partial charge on any atom is -0.385 e. The lowest BCUT2D eigenvalue weighted by Crippen LogP contribution is -2.56. The van der Waals surface area contributed by atoms with Crippen molar-refractivity contribution in [1.82, 2.24) is 15.5 Å². The molecule has 1 atom stereocenters. The molecule has 4 N–H and O–H groups in total. The second kappa shape index (κ2) is 4.48. The number of hydrogen-bond donors (Lipinski definition) is 3. The number of hydrogen-bond acceptors (Lipinski definition) is 4. The van der Waals surface area contributed by atoms with Crippen LogP contribution in [-0.4, -0.2) is 38.3 Å². The summed E-state index contributed by atoms with van der Waals surface area (Å²) in [6.45, 7) is 1.01. The van der Waals surface area contributed by atoms with Gasteiger partial charge in [-0.15, -0.1) is 0 Å². The molecule has 0 aromatic carbocycles. The van der Waals surface area contributed by atoms with Gasteiger partial charge < -0.3 is 16.0 Å². The molecule has 0 spiro atoms. The molecule has 0 aromatic heterocycles. The van der Waals surface area contributed by atoms with Gasteiger partial charge in [-0.2, -0.15) is 0 Å². The highest BCUT2D eigenvalue weighted by molar-refractivity contribution is 5.22. The van der Waals surface area contributed by atoms with Crippen LogP contribution in [0.2, 0.25) is 0 Å². The smallest absolute Gasteiger partial charge is 0.110 e. The maximum Gasteiger partial charge on any atom is 0.110 e. The Morgan fingerprint density at radius 1 is 1.57 bits per heavy atom. The van der Waals surface area contributed by atoms with Gasteiger partial charge in [-0.05, 0) is 33.3 Å². The number of nitrogens with two attached hydrogens (primary N) is 1. The van der Waals surface area contributed by atoms with E-state index in [1.54, 1.807) is 0 Å². The minimum atomic E-state index is -0.191. The first-order valence-electron chi connectivity index (χ1n) is 4.85. The Hall–Kier alpha value is -1.00. The number of nitrogens with one attached hydrogen (secondary N) is 2. The summed E-state index contributed by atoms with van der Waals surface area (Å²) < 4.78 is 0. The highest BCUT2D eigenvalue weighted by atomic mass is 15.2. The summed E-state index contributed by atoms with van der Waals surface area (Å²) in [6, 6.07) is 0. The van der Waals surface area contributed by atoms with Crippen LogP contribution >= 0.6 is 0 Å². The Labute approximate surface area is 85.8 Å². The molecule has 80 valence electrons. The van der Waals surface area contributed by atoms with Gasteiger partial charge in [0.15, 0.2) is 0 Å². The van der Waals surface area contributed by atoms with Crippen LogP contribution in [0.5, 0.6) is 0 Å². The van der Waals surface area contributed by atoms with E-state index in [9.17, 15) is 0 Å². The molecule has 14 heavy (non-hydrogen) atoms. The molecule has 0 saturated carbocycles. The molecule has 4 nitrogen and oxygen atoms in total. The maximum atomic E-state index is 5.74. The van der Waals surface area contributed by atoms with Crippen molar-refractivity contribution in [2.75, 3.05) is 27.7 Å². The molecule has 4 heteroatoms. The van der Waals surface area contributed by atoms with Crippen molar-refractivity contribution in [3.05, 3.63) is 24.0 Å². The predicted molar refractivity (Wildman–Crippen MR) is 59.5 cm³/mol. The first kappa shape index (κ1) is 11.1. The molecular weight excluding hydrogens is 176 g/mol. The van der Waals surface area contributed by atoms with Crippen LogP contribution in [0, 0.1) is 0 Å². The Bertz CT molecular complexity index is 245. The molecule has 0 saturated heterocycles. The summed E-state index contributed by atoms with van der Waals surface area (Å²) in [5.74, 6) is 0.709. The van der Waals surface area contributed by atoms with Gasteiger partial charge in [-0.25, -0.2) is 0 Å². The third-order valence-corrected chi connectivity index (χ3v) is 2.42. The third kappa shape index (κ3) is 2.75. The van der Waals surface area contributed by atoms with Crippen molar-refractivity contribution in [2.45, 2.75) is 12.1 Å². The van der Waals surface area contributed by atoms with E-state index in [1.165, 1.54) is 0 Å². The lowest BCUT2D eigenvalue weighted by atomic mass is 10.0. The third-order valence-electron chi connectivity index (χ3n) is 2.42. The van der Waals surface area contributed by atoms with Gasteiger partial charge >= 0.3 is 0 Å². The summed E-state index contributed by atoms with van der Waals surface area (Å²) >= 11 is 0. The van der Waals surface area contributed by atoms with Crippen molar-refractivity contribution >= 4 is 0 Å². The topological polar surface area (TPSA) is 53.3 Å². The highest BCUT2D eigenvalue weighted by Crippen LogP contribution is 2.13. The summed E-state index contributed by atoms with van der Waals surface area (Å²) in [5, 5.41) is 6.51. The molecule has 1 aliphatic heterocycles. The minimum absolute atomic E-state index is 0.191. The quantitative estimate of drug-likeness (QED) is 0.583. The fraction of sp³-hybridized carbons (Fsp3) is 0.600. The summed E-state index contributed by atoms with van der Waals surface area (Å²) in [5.41, 5.74) is 5.55. The fourth-order valence-corrected chi connectivity index (χ4v) is 1.47. The lowest BCUT2D eigenvalue weighted by molar-refractivity contribution is 0.289. The molecule has 0 fully saturated rings. The van der Waals surface area contributed by atoms with Crippen LogP contribution in [0.15, 0.2) is 24.0 Å². The van der Waals surface area contributed by atoms with Crippen LogP contribution in [0.4, 0.5) is 0 Å². The molecular formula is C10H20N4. The van der Waals surface area contributed by atoms with Gasteiger partial charge in [-0.1, -0.05) is 6.08 Å². The number of likely N-dealkylation sites (N-methyl/N-ethyl adjacent to an activating group) is 1. The van der Waals surface area contributed by atoms with Gasteiger partial charge in [-0.3, -0.25) is 5.32 Å². The van der Waals surface area contributed by atoms with Gasteiger partial charge in [0.05, 0.1) is 5.82 Å². The molecule has 1 unspecified atom stereocenters. The van der Waals surface area contributed by atoms with Crippen LogP contribution < -0.4 is 16.4 Å². The molecule has 0 bridgehead atoms. The molecule has 0 amide bonds. The average molecular weight is 196 g/mol. The zero-order chi connectivity index (χ0) is 10.6. The first-order chi connectivity index (χ1) is 6.58. The molecule has 1 aliphatic rings. The lowest BCUT2D eigenvalue weighted by Gasteiger charge is -2.35. The summed E-state index contributed by atoms with van der Waals surface area (Å²) in [4.78, 5) is 2.16. The van der Waals surface area contributed by atoms with Gasteiger partial charge in [0.2, 0.25) is 0 Å². The van der Waals surface area contributed by atoms with E-state index in [1.807, 2.05) is 19.2 Å². The first-order valence-corrected chi connectivity index (χ1v) is 4.85. The average Bonchev–Trinajstić information content (AvgIpc) is 2.15. The molecule has 1 heterocycles. The van der Waals surface area contributed by atoms with E-state index in [0.717, 1.165) is 13.0 Å². The Morgan fingerprint density at radius 2 is 2.29 bits per heavy atom. The van der Waals surface area contributed by atoms with Gasteiger partial charge in [0.1, 0.15) is 5.66 Å². The Morgan fingerprint density at radius 3 is 2.79 bits per heavy atom. The van der Waals surface area contributed by atoms with Crippen LogP contribution in [-0.2, 0) is 0 Å². The number of nitrogens with zero attached hydrogens (tertiary/aromatic N) is 1. The van der Waals surface area contributed by atoms with Crippen LogP contribution in [0.1, 0.15) is 6.42 Å². The van der Waals surface area contributed by atoms with Crippen molar-refractivity contribution in [3.63, 3.8) is 0 Å². The van der Waals surface area contributed by atoms with Crippen LogP contribution in [0.3, 0.4) is 0 Å². The number of dihydropyridines is 1. The van der Waals surface area contributed by atoms with E-state index in [4.69, 9.17) is 5.73 Å². The number of allylic oxidation sites excluding steroid dienone is 2. The number of rotatable bonds is 4. The zero-order valence-corrected chi connectivity index (χ0v) is 9.17. The summed E-state index contributed by atoms with van der Waals surface area (Å²) in [6.07, 6.45) is 6.93. The summed E-state index contributed by atoms with van der Waals surface area (Å²) in [7, 11) is 6.07. The Balaban J connectivity index is 2.59. The standard InChI is InChI=1S/C10H20N4/c1-12-10(7-8-14(2)3)6-4-5-9(11)13-10/h4-6,12-13H,7-8,11H2,1-3H3. The predicted octanol–water partition coefficient (Wildman–Crippen LogP) is -0.187. The molecule has 1 rings (SSSR count). The zero-order valence-electron chi connectivity index (χ0n) is 9.17. The van der Waals surface area contributed by atoms with E-state index in [0.29, 0.717) is 5.82 Å². The van der Waals surface area contributed by atoms with E-state index in [2.05, 4.69) is 35.7 Å². The normalized spacial score (nSPS) is 26.1. The second-order valence-electron chi connectivity index (χ2n) is 3.88. The second-order valence-corrected chi connectivity index (χ2v) is 3.88. The monoisotopic (exact) mass is 196 g/mol. The van der Waals surface area contributed by atoms with Crippen LogP contribution in [0.25, 0.3) is 0 Å². The van der Waals surface area contributed by atoms with E-state index in [-0.39, 0.29) is 5.66 Å². The highest BCUT2D eigenvalue weighted by Gasteiger charge is 2.26. The molecule has 0 radical (unpaired) electrons. The largest absolute Gasteiger partial charge is 0.385 e. The van der Waals surface area contributed by atoms with Crippen molar-refractivity contribution < 1.29 is 0 Å². The maximum absolute atomic E-state index is 5.74. The van der Waals surface area contributed by atoms with Crippen molar-refractivity contribution in [2.24, 2.45) is 5.73 Å². The molecule has 0 aromatic rings. The van der Waals surface area contributed by atoms with E-state index >= 15 is 0 Å². The van der Waals surface area contributed by atoms with Gasteiger partial charge in [0.25, 0.3) is 0 Å². The molecule has 0 aliphatic carbocycles. The van der Waals surface area contributed by atoms with Crippen molar-refractivity contribution in [3.8, 4) is 0 Å². The Kier molecular flexibility index (Phi) is 3.55. The fourth-order valence-electron chi connectivity index (χ4n) is 1.47. The van der Waals surface area contributed by atoms with Gasteiger partial charge in [0, 0.05) is 13.0 Å². The SMILES string of the molecule is CNC1(CCN(C)C)C=CC=C(N)N1. The van der Waals surface area contributed by atoms with E-state index < -0.39 is 0 Å².